The average molecular weight is 532 g/mol. The molecule has 0 aliphatic heterocycles. The number of hydrogen-bond acceptors (Lipinski definition) is 8. The quantitative estimate of drug-likeness (QED) is 0.320. The van der Waals surface area contributed by atoms with Gasteiger partial charge in [0.1, 0.15) is 11.6 Å². The SMILES string of the molecule is COC(=O)C1(OC)CCC(c2nc(Nc3cc(C)[nH]n3)cc3ccn(Cc4ccc(OC)cc4)c(=O)c23)CC1. The van der Waals surface area contributed by atoms with Gasteiger partial charge in [-0.1, -0.05) is 12.1 Å². The Balaban J connectivity index is 1.55. The smallest absolute Gasteiger partial charge is 0.338 e. The first-order chi connectivity index (χ1) is 18.9. The number of nitrogens with one attached hydrogen (secondary N) is 2. The monoisotopic (exact) mass is 531 g/mol. The molecule has 204 valence electrons. The van der Waals surface area contributed by atoms with Crippen LogP contribution in [0.1, 0.15) is 48.6 Å². The number of rotatable bonds is 8. The molecule has 1 saturated carbocycles. The second-order valence-corrected chi connectivity index (χ2v) is 9.98. The summed E-state index contributed by atoms with van der Waals surface area (Å²) in [4.78, 5) is 31.3. The fraction of sp³-hybridized carbons (Fsp3) is 0.379. The van der Waals surface area contributed by atoms with E-state index in [9.17, 15) is 9.59 Å². The summed E-state index contributed by atoms with van der Waals surface area (Å²) in [5.41, 5.74) is 1.54. The minimum Gasteiger partial charge on any atom is -0.497 e. The topological polar surface area (TPSA) is 120 Å². The Morgan fingerprint density at radius 1 is 1.10 bits per heavy atom. The van der Waals surface area contributed by atoms with Gasteiger partial charge in [0.15, 0.2) is 11.4 Å². The van der Waals surface area contributed by atoms with Gasteiger partial charge in [0.25, 0.3) is 5.56 Å². The molecular formula is C29H33N5O5. The number of aryl methyl sites for hydroxylation is 1. The van der Waals surface area contributed by atoms with Gasteiger partial charge in [-0.15, -0.1) is 0 Å². The number of hydrogen-bond donors (Lipinski definition) is 2. The minimum absolute atomic E-state index is 0.0346. The first kappa shape index (κ1) is 26.4. The highest BCUT2D eigenvalue weighted by atomic mass is 16.6. The second-order valence-electron chi connectivity index (χ2n) is 9.98. The summed E-state index contributed by atoms with van der Waals surface area (Å²) in [6, 6.07) is 13.4. The van der Waals surface area contributed by atoms with E-state index in [2.05, 4.69) is 15.5 Å². The molecule has 3 heterocycles. The molecule has 5 rings (SSSR count). The van der Waals surface area contributed by atoms with Crippen LogP contribution in [-0.2, 0) is 20.8 Å². The Hall–Kier alpha value is -4.18. The van der Waals surface area contributed by atoms with E-state index >= 15 is 0 Å². The summed E-state index contributed by atoms with van der Waals surface area (Å²) in [5, 5.41) is 11.8. The molecular weight excluding hydrogens is 498 g/mol. The van der Waals surface area contributed by atoms with Gasteiger partial charge >= 0.3 is 5.97 Å². The zero-order valence-electron chi connectivity index (χ0n) is 22.6. The second kappa shape index (κ2) is 10.9. The zero-order chi connectivity index (χ0) is 27.6. The van der Waals surface area contributed by atoms with Crippen LogP contribution in [0.4, 0.5) is 11.6 Å². The Kier molecular flexibility index (Phi) is 7.38. The molecule has 1 fully saturated rings. The van der Waals surface area contributed by atoms with Crippen LogP contribution in [-0.4, -0.2) is 52.6 Å². The van der Waals surface area contributed by atoms with Crippen LogP contribution >= 0.6 is 0 Å². The van der Waals surface area contributed by atoms with Crippen LogP contribution in [0.3, 0.4) is 0 Å². The number of nitrogens with zero attached hydrogens (tertiary/aromatic N) is 3. The molecule has 0 radical (unpaired) electrons. The number of carbonyl (C=O) groups is 1. The molecule has 2 N–H and O–H groups in total. The van der Waals surface area contributed by atoms with Crippen molar-refractivity contribution >= 4 is 28.4 Å². The van der Waals surface area contributed by atoms with E-state index in [1.54, 1.807) is 18.8 Å². The number of fused-ring (bicyclic) bond motifs is 1. The molecule has 0 saturated heterocycles. The molecule has 1 aliphatic rings. The number of benzene rings is 1. The standard InChI is InChI=1S/C29H33N5O5/c1-18-15-24(33-32-18)30-23-16-21-11-14-34(17-19-5-7-22(37-2)8-6-19)27(35)25(21)26(31-23)20-9-12-29(39-4,13-10-20)28(36)38-3/h5-8,11,14-16,20H,9-10,12-13,17H2,1-4H3,(H2,30,31,32,33). The van der Waals surface area contributed by atoms with Crippen molar-refractivity contribution in [2.75, 3.05) is 26.6 Å². The van der Waals surface area contributed by atoms with Gasteiger partial charge in [-0.05, 0) is 67.8 Å². The van der Waals surface area contributed by atoms with Crippen molar-refractivity contribution in [3.05, 3.63) is 76.0 Å². The molecule has 0 amide bonds. The fourth-order valence-electron chi connectivity index (χ4n) is 5.39. The molecule has 10 nitrogen and oxygen atoms in total. The van der Waals surface area contributed by atoms with Gasteiger partial charge in [-0.3, -0.25) is 9.89 Å². The molecule has 0 bridgehead atoms. The predicted octanol–water partition coefficient (Wildman–Crippen LogP) is 4.44. The highest BCUT2D eigenvalue weighted by molar-refractivity contribution is 5.87. The lowest BCUT2D eigenvalue weighted by atomic mass is 9.76. The summed E-state index contributed by atoms with van der Waals surface area (Å²) < 4.78 is 17.6. The van der Waals surface area contributed by atoms with E-state index in [0.717, 1.165) is 22.4 Å². The highest BCUT2D eigenvalue weighted by Crippen LogP contribution is 2.41. The number of carbonyl (C=O) groups excluding carboxylic acids is 1. The van der Waals surface area contributed by atoms with Crippen LogP contribution in [0, 0.1) is 6.92 Å². The molecule has 3 aromatic heterocycles. The number of pyridine rings is 2. The Bertz CT molecular complexity index is 1530. The van der Waals surface area contributed by atoms with E-state index in [0.29, 0.717) is 54.9 Å². The number of H-pyrrole nitrogens is 1. The van der Waals surface area contributed by atoms with E-state index < -0.39 is 5.60 Å². The third-order valence-electron chi connectivity index (χ3n) is 7.59. The Morgan fingerprint density at radius 2 is 1.85 bits per heavy atom. The van der Waals surface area contributed by atoms with Crippen molar-refractivity contribution in [2.24, 2.45) is 0 Å². The van der Waals surface area contributed by atoms with Crippen molar-refractivity contribution in [2.45, 2.75) is 50.7 Å². The number of ether oxygens (including phenoxy) is 3. The Labute approximate surface area is 226 Å². The van der Waals surface area contributed by atoms with Crippen molar-refractivity contribution in [3.63, 3.8) is 0 Å². The van der Waals surface area contributed by atoms with E-state index in [1.165, 1.54) is 7.11 Å². The molecule has 10 heteroatoms. The van der Waals surface area contributed by atoms with E-state index in [4.69, 9.17) is 19.2 Å². The van der Waals surface area contributed by atoms with Gasteiger partial charge in [0.2, 0.25) is 0 Å². The largest absolute Gasteiger partial charge is 0.497 e. The molecule has 0 spiro atoms. The van der Waals surface area contributed by atoms with Crippen molar-refractivity contribution in [1.82, 2.24) is 19.7 Å². The van der Waals surface area contributed by atoms with Crippen LogP contribution < -0.4 is 15.6 Å². The minimum atomic E-state index is -0.974. The third-order valence-corrected chi connectivity index (χ3v) is 7.59. The maximum atomic E-state index is 13.9. The van der Waals surface area contributed by atoms with E-state index in [1.807, 2.05) is 55.6 Å². The molecule has 39 heavy (non-hydrogen) atoms. The summed E-state index contributed by atoms with van der Waals surface area (Å²) in [5.74, 6) is 1.61. The van der Waals surface area contributed by atoms with Gasteiger partial charge in [0.05, 0.1) is 31.8 Å². The van der Waals surface area contributed by atoms with Crippen LogP contribution in [0.2, 0.25) is 0 Å². The molecule has 0 atom stereocenters. The van der Waals surface area contributed by atoms with Crippen LogP contribution in [0.15, 0.2) is 53.5 Å². The number of anilines is 2. The molecule has 4 aromatic rings. The normalized spacial score (nSPS) is 19.1. The maximum absolute atomic E-state index is 13.9. The molecule has 0 unspecified atom stereocenters. The molecule has 1 aliphatic carbocycles. The van der Waals surface area contributed by atoms with Crippen molar-refractivity contribution in [3.8, 4) is 5.75 Å². The first-order valence-electron chi connectivity index (χ1n) is 13.0. The van der Waals surface area contributed by atoms with Crippen molar-refractivity contribution < 1.29 is 19.0 Å². The highest BCUT2D eigenvalue weighted by Gasteiger charge is 2.44. The summed E-state index contributed by atoms with van der Waals surface area (Å²) in [7, 11) is 4.54. The number of methoxy groups -OCH3 is 3. The van der Waals surface area contributed by atoms with Crippen LogP contribution in [0.25, 0.3) is 10.8 Å². The first-order valence-corrected chi connectivity index (χ1v) is 13.0. The lowest BCUT2D eigenvalue weighted by Crippen LogP contribution is -2.44. The summed E-state index contributed by atoms with van der Waals surface area (Å²) in [6.07, 6.45) is 4.03. The maximum Gasteiger partial charge on any atom is 0.338 e. The number of aromatic amines is 1. The van der Waals surface area contributed by atoms with Gasteiger partial charge in [-0.2, -0.15) is 5.10 Å². The zero-order valence-corrected chi connectivity index (χ0v) is 22.6. The van der Waals surface area contributed by atoms with Gasteiger partial charge in [0, 0.05) is 31.0 Å². The number of esters is 1. The average Bonchev–Trinajstić information content (AvgIpc) is 3.38. The summed E-state index contributed by atoms with van der Waals surface area (Å²) >= 11 is 0. The fourth-order valence-corrected chi connectivity index (χ4v) is 5.39. The van der Waals surface area contributed by atoms with Crippen LogP contribution in [0.5, 0.6) is 5.75 Å². The lowest BCUT2D eigenvalue weighted by Gasteiger charge is -2.36. The predicted molar refractivity (Wildman–Crippen MR) is 148 cm³/mol. The van der Waals surface area contributed by atoms with E-state index in [-0.39, 0.29) is 17.4 Å². The van der Waals surface area contributed by atoms with Gasteiger partial charge < -0.3 is 24.1 Å². The molecule has 1 aromatic carbocycles. The van der Waals surface area contributed by atoms with Crippen molar-refractivity contribution in [1.29, 1.82) is 0 Å². The van der Waals surface area contributed by atoms with Gasteiger partial charge in [-0.25, -0.2) is 9.78 Å². The third kappa shape index (κ3) is 5.24. The summed E-state index contributed by atoms with van der Waals surface area (Å²) in [6.45, 7) is 2.35. The lowest BCUT2D eigenvalue weighted by molar-refractivity contribution is -0.170. The Morgan fingerprint density at radius 3 is 2.46 bits per heavy atom. The number of aromatic nitrogens is 4.